The van der Waals surface area contributed by atoms with Crippen LogP contribution in [0.1, 0.15) is 11.1 Å². The van der Waals surface area contributed by atoms with Crippen LogP contribution in [0.3, 0.4) is 0 Å². The number of ether oxygens (including phenoxy) is 1. The van der Waals surface area contributed by atoms with Crippen molar-refractivity contribution in [3.63, 3.8) is 0 Å². The van der Waals surface area contributed by atoms with Crippen molar-refractivity contribution in [2.75, 3.05) is 0 Å². The van der Waals surface area contributed by atoms with Crippen LogP contribution in [0, 0.1) is 16.9 Å². The summed E-state index contributed by atoms with van der Waals surface area (Å²) < 4.78 is 4.82. The van der Waals surface area contributed by atoms with Gasteiger partial charge in [-0.1, -0.05) is 12.1 Å². The Morgan fingerprint density at radius 2 is 2.06 bits per heavy atom. The monoisotopic (exact) mass is 223 g/mol. The summed E-state index contributed by atoms with van der Waals surface area (Å²) in [6.45, 7) is 0. The van der Waals surface area contributed by atoms with Crippen molar-refractivity contribution in [2.45, 2.75) is 0 Å². The highest BCUT2D eigenvalue weighted by Gasteiger charge is 2.10. The molecular weight excluding hydrogens is 214 g/mol. The van der Waals surface area contributed by atoms with Crippen molar-refractivity contribution in [1.82, 2.24) is 4.98 Å². The van der Waals surface area contributed by atoms with Gasteiger partial charge in [0.1, 0.15) is 0 Å². The van der Waals surface area contributed by atoms with Gasteiger partial charge < -0.3 is 4.74 Å². The first-order valence-corrected chi connectivity index (χ1v) is 4.97. The van der Waals surface area contributed by atoms with E-state index < -0.39 is 0 Å². The van der Waals surface area contributed by atoms with E-state index in [-0.39, 0.29) is 5.71 Å². The molecule has 82 valence electrons. The Morgan fingerprint density at radius 3 is 2.76 bits per heavy atom. The van der Waals surface area contributed by atoms with Crippen LogP contribution in [-0.2, 0) is 0 Å². The molecule has 2 rings (SSSR count). The second-order valence-electron chi connectivity index (χ2n) is 3.31. The average Bonchev–Trinajstić information content (AvgIpc) is 2.40. The van der Waals surface area contributed by atoms with Crippen molar-refractivity contribution >= 4 is 5.71 Å². The summed E-state index contributed by atoms with van der Waals surface area (Å²) in [7, 11) is 0. The maximum atomic E-state index is 8.54. The molecule has 4 heteroatoms. The summed E-state index contributed by atoms with van der Waals surface area (Å²) in [6.07, 6.45) is 4.87. The first-order valence-electron chi connectivity index (χ1n) is 4.97. The van der Waals surface area contributed by atoms with E-state index in [1.807, 2.05) is 0 Å². The maximum Gasteiger partial charge on any atom is 0.292 e. The highest BCUT2D eigenvalue weighted by atomic mass is 16.5. The van der Waals surface area contributed by atoms with Gasteiger partial charge in [0.05, 0.1) is 5.71 Å². The fourth-order valence-corrected chi connectivity index (χ4v) is 1.48. The fourth-order valence-electron chi connectivity index (χ4n) is 1.48. The van der Waals surface area contributed by atoms with Gasteiger partial charge in [-0.05, 0) is 24.3 Å². The van der Waals surface area contributed by atoms with Gasteiger partial charge >= 0.3 is 0 Å². The first-order chi connectivity index (χ1) is 8.33. The number of rotatable bonds is 3. The van der Waals surface area contributed by atoms with Gasteiger partial charge in [0.15, 0.2) is 5.75 Å². The smallest absolute Gasteiger partial charge is 0.292 e. The van der Waals surface area contributed by atoms with Crippen molar-refractivity contribution in [2.24, 2.45) is 0 Å². The van der Waals surface area contributed by atoms with Gasteiger partial charge in [0.25, 0.3) is 6.26 Å². The SMILES string of the molecule is N#COc1ccccc1C(=N)c1cccnc1. The lowest BCUT2D eigenvalue weighted by Crippen LogP contribution is -2.03. The van der Waals surface area contributed by atoms with E-state index in [0.29, 0.717) is 16.9 Å². The zero-order valence-corrected chi connectivity index (χ0v) is 8.92. The molecule has 0 aliphatic carbocycles. The molecule has 0 fully saturated rings. The maximum absolute atomic E-state index is 8.54. The molecule has 1 aromatic heterocycles. The lowest BCUT2D eigenvalue weighted by atomic mass is 10.0. The minimum absolute atomic E-state index is 0.281. The Labute approximate surface area is 98.6 Å². The van der Waals surface area contributed by atoms with Crippen LogP contribution in [-0.4, -0.2) is 10.7 Å². The molecule has 1 heterocycles. The summed E-state index contributed by atoms with van der Waals surface area (Å²) in [5, 5.41) is 16.6. The Balaban J connectivity index is 2.42. The Hall–Kier alpha value is -2.67. The number of benzene rings is 1. The van der Waals surface area contributed by atoms with Crippen molar-refractivity contribution in [3.8, 4) is 12.0 Å². The lowest BCUT2D eigenvalue weighted by molar-refractivity contribution is 0.506. The predicted octanol–water partition coefficient (Wildman–Crippen LogP) is 2.36. The van der Waals surface area contributed by atoms with Crippen LogP contribution in [0.4, 0.5) is 0 Å². The van der Waals surface area contributed by atoms with Crippen LogP contribution in [0.15, 0.2) is 48.8 Å². The molecule has 0 saturated heterocycles. The van der Waals surface area contributed by atoms with E-state index >= 15 is 0 Å². The van der Waals surface area contributed by atoms with Crippen LogP contribution in [0.25, 0.3) is 0 Å². The Kier molecular flexibility index (Phi) is 3.13. The number of para-hydroxylation sites is 1. The second-order valence-corrected chi connectivity index (χ2v) is 3.31. The van der Waals surface area contributed by atoms with Crippen LogP contribution in [0.2, 0.25) is 0 Å². The topological polar surface area (TPSA) is 69.8 Å². The van der Waals surface area contributed by atoms with Gasteiger partial charge in [0, 0.05) is 23.5 Å². The van der Waals surface area contributed by atoms with Gasteiger partial charge in [-0.3, -0.25) is 10.4 Å². The zero-order chi connectivity index (χ0) is 12.1. The van der Waals surface area contributed by atoms with Crippen molar-refractivity contribution in [1.29, 1.82) is 10.7 Å². The molecule has 4 nitrogen and oxygen atoms in total. The molecule has 0 bridgehead atoms. The molecular formula is C13H9N3O. The van der Waals surface area contributed by atoms with Crippen LogP contribution in [0.5, 0.6) is 5.75 Å². The normalized spacial score (nSPS) is 9.35. The van der Waals surface area contributed by atoms with E-state index in [1.54, 1.807) is 55.0 Å². The first kappa shape index (κ1) is 10.8. The predicted molar refractivity (Wildman–Crippen MR) is 62.9 cm³/mol. The van der Waals surface area contributed by atoms with Gasteiger partial charge in [-0.2, -0.15) is 0 Å². The summed E-state index contributed by atoms with van der Waals surface area (Å²) in [6, 6.07) is 10.5. The zero-order valence-electron chi connectivity index (χ0n) is 8.92. The molecule has 0 aliphatic rings. The van der Waals surface area contributed by atoms with Crippen LogP contribution < -0.4 is 4.74 Å². The minimum Gasteiger partial charge on any atom is -0.387 e. The highest BCUT2D eigenvalue weighted by molar-refractivity contribution is 6.12. The molecule has 0 amide bonds. The largest absolute Gasteiger partial charge is 0.387 e. The summed E-state index contributed by atoms with van der Waals surface area (Å²) >= 11 is 0. The molecule has 2 aromatic rings. The second kappa shape index (κ2) is 4.90. The molecule has 0 aliphatic heterocycles. The number of nitrogens with one attached hydrogen (secondary N) is 1. The van der Waals surface area contributed by atoms with Gasteiger partial charge in [0.2, 0.25) is 0 Å². The third-order valence-electron chi connectivity index (χ3n) is 2.26. The number of hydrogen-bond acceptors (Lipinski definition) is 4. The Bertz CT molecular complexity index is 573. The minimum atomic E-state index is 0.281. The van der Waals surface area contributed by atoms with Gasteiger partial charge in [-0.15, -0.1) is 5.26 Å². The Morgan fingerprint density at radius 1 is 1.24 bits per heavy atom. The summed E-state index contributed by atoms with van der Waals surface area (Å²) in [4.78, 5) is 3.96. The molecule has 0 radical (unpaired) electrons. The van der Waals surface area contributed by atoms with Crippen LogP contribution >= 0.6 is 0 Å². The van der Waals surface area contributed by atoms with E-state index in [2.05, 4.69) is 4.98 Å². The number of nitrogens with zero attached hydrogens (tertiary/aromatic N) is 2. The molecule has 0 spiro atoms. The summed E-state index contributed by atoms with van der Waals surface area (Å²) in [5.41, 5.74) is 1.53. The standard InChI is InChI=1S/C13H9N3O/c14-9-17-12-6-2-1-5-11(12)13(15)10-4-3-7-16-8-10/h1-8,15H. The molecule has 1 N–H and O–H groups in total. The number of aromatic nitrogens is 1. The van der Waals surface area contributed by atoms with Gasteiger partial charge in [-0.25, -0.2) is 0 Å². The lowest BCUT2D eigenvalue weighted by Gasteiger charge is -2.07. The molecule has 0 unspecified atom stereocenters. The van der Waals surface area contributed by atoms with Crippen molar-refractivity contribution in [3.05, 3.63) is 59.9 Å². The molecule has 1 aromatic carbocycles. The molecule has 0 saturated carbocycles. The fraction of sp³-hybridized carbons (Fsp3) is 0. The molecule has 17 heavy (non-hydrogen) atoms. The average molecular weight is 223 g/mol. The number of pyridine rings is 1. The van der Waals surface area contributed by atoms with E-state index in [4.69, 9.17) is 15.4 Å². The number of nitriles is 1. The summed E-state index contributed by atoms with van der Waals surface area (Å²) in [5.74, 6) is 0.379. The number of hydrogen-bond donors (Lipinski definition) is 1. The van der Waals surface area contributed by atoms with Crippen molar-refractivity contribution < 1.29 is 4.74 Å². The quantitative estimate of drug-likeness (QED) is 0.641. The molecule has 0 atom stereocenters. The van der Waals surface area contributed by atoms with E-state index in [1.165, 1.54) is 0 Å². The highest BCUT2D eigenvalue weighted by Crippen LogP contribution is 2.20. The van der Waals surface area contributed by atoms with E-state index in [9.17, 15) is 0 Å². The third-order valence-corrected chi connectivity index (χ3v) is 2.26. The van der Waals surface area contributed by atoms with E-state index in [0.717, 1.165) is 0 Å². The third kappa shape index (κ3) is 2.29.